The minimum absolute atomic E-state index is 0.0149. The van der Waals surface area contributed by atoms with Gasteiger partial charge < -0.3 is 5.11 Å². The van der Waals surface area contributed by atoms with Gasteiger partial charge in [0, 0.05) is 11.1 Å². The predicted molar refractivity (Wildman–Crippen MR) is 75.3 cm³/mol. The van der Waals surface area contributed by atoms with E-state index in [0.29, 0.717) is 26.1 Å². The molecule has 0 saturated heterocycles. The number of aromatic hydroxyl groups is 1. The third kappa shape index (κ3) is 2.44. The van der Waals surface area contributed by atoms with Gasteiger partial charge in [-0.25, -0.2) is 4.39 Å². The molecule has 0 saturated carbocycles. The topological polar surface area (TPSA) is 20.2 Å². The van der Waals surface area contributed by atoms with Crippen LogP contribution in [0.3, 0.4) is 0 Å². The highest BCUT2D eigenvalue weighted by atomic mass is 35.5. The van der Waals surface area contributed by atoms with Crippen molar-refractivity contribution < 1.29 is 9.50 Å². The van der Waals surface area contributed by atoms with Crippen molar-refractivity contribution >= 4 is 35.0 Å². The van der Waals surface area contributed by atoms with Crippen LogP contribution in [0.2, 0.25) is 10.0 Å². The number of benzene rings is 2. The van der Waals surface area contributed by atoms with Crippen molar-refractivity contribution in [3.05, 3.63) is 46.2 Å². The molecule has 0 fully saturated rings. The van der Waals surface area contributed by atoms with E-state index in [2.05, 4.69) is 0 Å². The molecular formula is C13H9Cl2FOS. The largest absolute Gasteiger partial charge is 0.506 e. The van der Waals surface area contributed by atoms with Gasteiger partial charge in [0.05, 0.1) is 14.9 Å². The minimum Gasteiger partial charge on any atom is -0.506 e. The SMILES string of the molecule is CSc1cc(F)cc(-c2c(Cl)cccc2Cl)c1O. The van der Waals surface area contributed by atoms with Crippen LogP contribution in [0.15, 0.2) is 35.2 Å². The van der Waals surface area contributed by atoms with E-state index in [1.807, 2.05) is 0 Å². The molecule has 0 unspecified atom stereocenters. The quantitative estimate of drug-likeness (QED) is 0.767. The van der Waals surface area contributed by atoms with Crippen LogP contribution in [0.5, 0.6) is 5.75 Å². The highest BCUT2D eigenvalue weighted by Crippen LogP contribution is 2.43. The molecule has 18 heavy (non-hydrogen) atoms. The van der Waals surface area contributed by atoms with Crippen LogP contribution in [0.4, 0.5) is 4.39 Å². The molecule has 5 heteroatoms. The zero-order chi connectivity index (χ0) is 13.3. The van der Waals surface area contributed by atoms with E-state index >= 15 is 0 Å². The van der Waals surface area contributed by atoms with E-state index in [-0.39, 0.29) is 5.75 Å². The van der Waals surface area contributed by atoms with Crippen LogP contribution in [-0.4, -0.2) is 11.4 Å². The minimum atomic E-state index is -0.442. The Kier molecular flexibility index (Phi) is 4.05. The molecule has 2 rings (SSSR count). The first-order valence-electron chi connectivity index (χ1n) is 5.05. The van der Waals surface area contributed by atoms with Gasteiger partial charge in [-0.3, -0.25) is 0 Å². The number of hydrogen-bond acceptors (Lipinski definition) is 2. The molecule has 0 radical (unpaired) electrons. The number of hydrogen-bond donors (Lipinski definition) is 1. The van der Waals surface area contributed by atoms with Gasteiger partial charge in [0.15, 0.2) is 0 Å². The second-order valence-electron chi connectivity index (χ2n) is 3.60. The molecule has 2 aromatic rings. The van der Waals surface area contributed by atoms with Crippen molar-refractivity contribution in [1.29, 1.82) is 0 Å². The third-order valence-corrected chi connectivity index (χ3v) is 3.87. The van der Waals surface area contributed by atoms with Crippen molar-refractivity contribution in [3.63, 3.8) is 0 Å². The van der Waals surface area contributed by atoms with Crippen LogP contribution in [0, 0.1) is 5.82 Å². The molecule has 1 N–H and O–H groups in total. The van der Waals surface area contributed by atoms with Crippen LogP contribution in [0.25, 0.3) is 11.1 Å². The lowest BCUT2D eigenvalue weighted by molar-refractivity contribution is 0.461. The molecule has 0 aliphatic heterocycles. The number of rotatable bonds is 2. The summed E-state index contributed by atoms with van der Waals surface area (Å²) in [5.41, 5.74) is 0.739. The fourth-order valence-corrected chi connectivity index (χ4v) is 2.81. The monoisotopic (exact) mass is 302 g/mol. The lowest BCUT2D eigenvalue weighted by Crippen LogP contribution is -1.87. The van der Waals surface area contributed by atoms with Gasteiger partial charge >= 0.3 is 0 Å². The molecule has 94 valence electrons. The van der Waals surface area contributed by atoms with Crippen LogP contribution in [-0.2, 0) is 0 Å². The smallest absolute Gasteiger partial charge is 0.137 e. The Morgan fingerprint density at radius 1 is 1.17 bits per heavy atom. The molecule has 0 spiro atoms. The predicted octanol–water partition coefficient (Wildman–Crippen LogP) is 5.23. The Hall–Kier alpha value is -0.900. The van der Waals surface area contributed by atoms with Gasteiger partial charge in [0.25, 0.3) is 0 Å². The number of phenols is 1. The van der Waals surface area contributed by atoms with Crippen molar-refractivity contribution in [2.75, 3.05) is 6.26 Å². The molecule has 0 aliphatic rings. The molecule has 0 aliphatic carbocycles. The summed E-state index contributed by atoms with van der Waals surface area (Å²) in [6.45, 7) is 0. The Morgan fingerprint density at radius 3 is 2.33 bits per heavy atom. The Labute approximate surface area is 119 Å². The fraction of sp³-hybridized carbons (Fsp3) is 0.0769. The van der Waals surface area contributed by atoms with E-state index in [1.165, 1.54) is 23.9 Å². The van der Waals surface area contributed by atoms with E-state index in [9.17, 15) is 9.50 Å². The third-order valence-electron chi connectivity index (χ3n) is 2.49. The molecule has 0 bridgehead atoms. The van der Waals surface area contributed by atoms with Crippen LogP contribution >= 0.6 is 35.0 Å². The standard InChI is InChI=1S/C13H9Cl2FOS/c1-18-11-6-7(16)5-8(13(11)17)12-9(14)3-2-4-10(12)15/h2-6,17H,1H3. The van der Waals surface area contributed by atoms with Crippen molar-refractivity contribution in [1.82, 2.24) is 0 Å². The lowest BCUT2D eigenvalue weighted by atomic mass is 10.0. The Morgan fingerprint density at radius 2 is 1.78 bits per heavy atom. The number of thioether (sulfide) groups is 1. The molecule has 0 amide bonds. The second kappa shape index (κ2) is 5.39. The second-order valence-corrected chi connectivity index (χ2v) is 5.26. The highest BCUT2D eigenvalue weighted by molar-refractivity contribution is 7.98. The van der Waals surface area contributed by atoms with E-state index < -0.39 is 5.82 Å². The maximum Gasteiger partial charge on any atom is 0.137 e. The van der Waals surface area contributed by atoms with Crippen LogP contribution in [0.1, 0.15) is 0 Å². The normalized spacial score (nSPS) is 10.7. The summed E-state index contributed by atoms with van der Waals surface area (Å²) in [5.74, 6) is -0.456. The lowest BCUT2D eigenvalue weighted by Gasteiger charge is -2.12. The summed E-state index contributed by atoms with van der Waals surface area (Å²) < 4.78 is 13.5. The average molecular weight is 303 g/mol. The first-order chi connectivity index (χ1) is 8.54. The zero-order valence-corrected chi connectivity index (χ0v) is 11.7. The van der Waals surface area contributed by atoms with Gasteiger partial charge in [-0.05, 0) is 30.5 Å². The summed E-state index contributed by atoms with van der Waals surface area (Å²) >= 11 is 13.4. The molecule has 2 aromatic carbocycles. The summed E-state index contributed by atoms with van der Waals surface area (Å²) in [6.07, 6.45) is 1.76. The maximum atomic E-state index is 13.5. The summed E-state index contributed by atoms with van der Waals surface area (Å²) in [4.78, 5) is 0.445. The van der Waals surface area contributed by atoms with Crippen molar-refractivity contribution in [2.45, 2.75) is 4.90 Å². The molecule has 0 heterocycles. The zero-order valence-electron chi connectivity index (χ0n) is 9.38. The van der Waals surface area contributed by atoms with Gasteiger partial charge in [-0.15, -0.1) is 11.8 Å². The van der Waals surface area contributed by atoms with E-state index in [4.69, 9.17) is 23.2 Å². The van der Waals surface area contributed by atoms with Crippen molar-refractivity contribution in [3.8, 4) is 16.9 Å². The first-order valence-corrected chi connectivity index (χ1v) is 7.03. The first kappa shape index (κ1) is 13.5. The molecule has 0 atom stereocenters. The van der Waals surface area contributed by atoms with Crippen molar-refractivity contribution in [2.24, 2.45) is 0 Å². The maximum absolute atomic E-state index is 13.5. The van der Waals surface area contributed by atoms with Gasteiger partial charge in [-0.2, -0.15) is 0 Å². The summed E-state index contributed by atoms with van der Waals surface area (Å²) in [5, 5.41) is 10.9. The highest BCUT2D eigenvalue weighted by Gasteiger charge is 2.16. The summed E-state index contributed by atoms with van der Waals surface area (Å²) in [7, 11) is 0. The fourth-order valence-electron chi connectivity index (χ4n) is 1.68. The molecule has 0 aromatic heterocycles. The number of halogens is 3. The van der Waals surface area contributed by atoms with Crippen LogP contribution < -0.4 is 0 Å². The van der Waals surface area contributed by atoms with Gasteiger partial charge in [0.2, 0.25) is 0 Å². The molecular weight excluding hydrogens is 294 g/mol. The number of phenolic OH excluding ortho intramolecular Hbond substituents is 1. The average Bonchev–Trinajstić information content (AvgIpc) is 2.32. The van der Waals surface area contributed by atoms with Gasteiger partial charge in [0.1, 0.15) is 11.6 Å². The van der Waals surface area contributed by atoms with Gasteiger partial charge in [-0.1, -0.05) is 29.3 Å². The van der Waals surface area contributed by atoms with E-state index in [0.717, 1.165) is 0 Å². The van der Waals surface area contributed by atoms with E-state index in [1.54, 1.807) is 24.5 Å². The Bertz CT molecular complexity index is 582. The molecule has 1 nitrogen and oxygen atoms in total. The Balaban J connectivity index is 2.75. The summed E-state index contributed by atoms with van der Waals surface area (Å²) in [6, 6.07) is 7.48.